The van der Waals surface area contributed by atoms with E-state index in [4.69, 9.17) is 0 Å². The highest BCUT2D eigenvalue weighted by molar-refractivity contribution is 6.05. The number of nitrogens with one attached hydrogen (secondary N) is 1. The van der Waals surface area contributed by atoms with Crippen LogP contribution in [0.5, 0.6) is 0 Å². The molecule has 2 heterocycles. The van der Waals surface area contributed by atoms with Gasteiger partial charge in [-0.3, -0.25) is 10.1 Å². The van der Waals surface area contributed by atoms with Gasteiger partial charge in [0.25, 0.3) is 5.69 Å². The number of nitro benzene ring substituents is 1. The average molecular weight is 264 g/mol. The fourth-order valence-electron chi connectivity index (χ4n) is 2.36. The first-order valence-corrected chi connectivity index (χ1v) is 6.05. The van der Waals surface area contributed by atoms with Gasteiger partial charge in [0.1, 0.15) is 5.52 Å². The Morgan fingerprint density at radius 1 is 1.05 bits per heavy atom. The number of fused-ring (bicyclic) bond motifs is 4. The van der Waals surface area contributed by atoms with Gasteiger partial charge in [0.2, 0.25) is 0 Å². The van der Waals surface area contributed by atoms with Crippen LogP contribution in [0.2, 0.25) is 0 Å². The minimum absolute atomic E-state index is 0.0194. The number of hydrogen-bond acceptors (Lipinski definition) is 4. The summed E-state index contributed by atoms with van der Waals surface area (Å²) >= 11 is 0. The second kappa shape index (κ2) is 3.74. The SMILES string of the molecule is O=[N+]([O-])c1ccc2nc3[nH]c4ccccc4c3nc2c1. The summed E-state index contributed by atoms with van der Waals surface area (Å²) in [5.41, 5.74) is 3.55. The lowest BCUT2D eigenvalue weighted by Gasteiger charge is -1.97. The molecule has 0 saturated heterocycles. The smallest absolute Gasteiger partial charge is 0.271 e. The van der Waals surface area contributed by atoms with Crippen LogP contribution in [-0.2, 0) is 0 Å². The van der Waals surface area contributed by atoms with Gasteiger partial charge in [-0.25, -0.2) is 9.97 Å². The molecule has 20 heavy (non-hydrogen) atoms. The Kier molecular flexibility index (Phi) is 2.03. The van der Waals surface area contributed by atoms with Crippen molar-refractivity contribution in [3.05, 3.63) is 52.6 Å². The number of benzene rings is 2. The molecule has 0 atom stereocenters. The largest absolute Gasteiger partial charge is 0.338 e. The van der Waals surface area contributed by atoms with Crippen molar-refractivity contribution in [1.82, 2.24) is 15.0 Å². The Morgan fingerprint density at radius 3 is 2.75 bits per heavy atom. The minimum atomic E-state index is -0.430. The molecular formula is C14H8N4O2. The molecule has 4 aromatic rings. The first-order valence-electron chi connectivity index (χ1n) is 6.05. The Morgan fingerprint density at radius 2 is 1.90 bits per heavy atom. The van der Waals surface area contributed by atoms with Crippen LogP contribution in [-0.4, -0.2) is 19.9 Å². The number of nitrogens with zero attached hydrogens (tertiary/aromatic N) is 3. The molecule has 0 saturated carbocycles. The molecule has 1 N–H and O–H groups in total. The molecule has 2 aromatic carbocycles. The van der Waals surface area contributed by atoms with Crippen LogP contribution in [0.1, 0.15) is 0 Å². The standard InChI is InChI=1S/C14H8N4O2/c19-18(20)8-5-6-11-12(7-8)15-13-9-3-1-2-4-10(9)16-14(13)17-11/h1-7H,(H,16,17). The number of rotatable bonds is 1. The van der Waals surface area contributed by atoms with E-state index in [1.54, 1.807) is 6.07 Å². The number of non-ortho nitro benzene ring substituents is 1. The normalized spacial score (nSPS) is 11.4. The van der Waals surface area contributed by atoms with E-state index in [0.717, 1.165) is 16.4 Å². The maximum atomic E-state index is 10.8. The maximum absolute atomic E-state index is 10.8. The second-order valence-electron chi connectivity index (χ2n) is 4.52. The lowest BCUT2D eigenvalue weighted by Crippen LogP contribution is -1.90. The first kappa shape index (κ1) is 10.9. The van der Waals surface area contributed by atoms with Crippen molar-refractivity contribution in [3.63, 3.8) is 0 Å². The predicted molar refractivity (Wildman–Crippen MR) is 75.6 cm³/mol. The second-order valence-corrected chi connectivity index (χ2v) is 4.52. The maximum Gasteiger partial charge on any atom is 0.271 e. The van der Waals surface area contributed by atoms with E-state index in [2.05, 4.69) is 15.0 Å². The Balaban J connectivity index is 2.13. The molecule has 0 amide bonds. The van der Waals surface area contributed by atoms with Crippen molar-refractivity contribution in [2.45, 2.75) is 0 Å². The summed E-state index contributed by atoms with van der Waals surface area (Å²) in [5, 5.41) is 11.8. The highest BCUT2D eigenvalue weighted by Gasteiger charge is 2.11. The number of H-pyrrole nitrogens is 1. The van der Waals surface area contributed by atoms with Crippen LogP contribution in [0.4, 0.5) is 5.69 Å². The fourth-order valence-corrected chi connectivity index (χ4v) is 2.36. The molecule has 0 spiro atoms. The number of aromatic amines is 1. The van der Waals surface area contributed by atoms with Crippen molar-refractivity contribution in [2.24, 2.45) is 0 Å². The zero-order valence-electron chi connectivity index (χ0n) is 10.2. The molecule has 96 valence electrons. The highest BCUT2D eigenvalue weighted by Crippen LogP contribution is 2.25. The minimum Gasteiger partial charge on any atom is -0.338 e. The molecule has 2 aromatic heterocycles. The molecule has 0 aliphatic rings. The Labute approximate surface area is 112 Å². The monoisotopic (exact) mass is 264 g/mol. The Hall–Kier alpha value is -3.02. The van der Waals surface area contributed by atoms with Gasteiger partial charge in [0.15, 0.2) is 5.65 Å². The van der Waals surface area contributed by atoms with Crippen molar-refractivity contribution in [3.8, 4) is 0 Å². The van der Waals surface area contributed by atoms with E-state index in [-0.39, 0.29) is 5.69 Å². The lowest BCUT2D eigenvalue weighted by molar-refractivity contribution is -0.384. The van der Waals surface area contributed by atoms with E-state index in [0.29, 0.717) is 16.7 Å². The van der Waals surface area contributed by atoms with Crippen molar-refractivity contribution in [2.75, 3.05) is 0 Å². The number of nitro groups is 1. The van der Waals surface area contributed by atoms with Gasteiger partial charge < -0.3 is 4.98 Å². The fraction of sp³-hybridized carbons (Fsp3) is 0. The van der Waals surface area contributed by atoms with Gasteiger partial charge in [0, 0.05) is 23.0 Å². The van der Waals surface area contributed by atoms with Crippen LogP contribution in [0.15, 0.2) is 42.5 Å². The summed E-state index contributed by atoms with van der Waals surface area (Å²) < 4.78 is 0. The van der Waals surface area contributed by atoms with Gasteiger partial charge in [-0.15, -0.1) is 0 Å². The molecule has 6 heteroatoms. The summed E-state index contributed by atoms with van der Waals surface area (Å²) in [6.45, 7) is 0. The summed E-state index contributed by atoms with van der Waals surface area (Å²) in [7, 11) is 0. The molecule has 6 nitrogen and oxygen atoms in total. The van der Waals surface area contributed by atoms with E-state index in [1.165, 1.54) is 12.1 Å². The summed E-state index contributed by atoms with van der Waals surface area (Å²) in [4.78, 5) is 22.6. The van der Waals surface area contributed by atoms with Gasteiger partial charge in [0.05, 0.1) is 16.0 Å². The average Bonchev–Trinajstić information content (AvgIpc) is 2.81. The van der Waals surface area contributed by atoms with Gasteiger partial charge in [-0.05, 0) is 12.1 Å². The summed E-state index contributed by atoms with van der Waals surface area (Å²) in [5.74, 6) is 0. The molecule has 0 unspecified atom stereocenters. The van der Waals surface area contributed by atoms with E-state index >= 15 is 0 Å². The van der Waals surface area contributed by atoms with Gasteiger partial charge >= 0.3 is 0 Å². The van der Waals surface area contributed by atoms with E-state index in [9.17, 15) is 10.1 Å². The number of para-hydroxylation sites is 1. The zero-order chi connectivity index (χ0) is 13.7. The van der Waals surface area contributed by atoms with Crippen molar-refractivity contribution in [1.29, 1.82) is 0 Å². The lowest BCUT2D eigenvalue weighted by atomic mass is 10.2. The third-order valence-electron chi connectivity index (χ3n) is 3.29. The quantitative estimate of drug-likeness (QED) is 0.422. The van der Waals surface area contributed by atoms with Crippen LogP contribution >= 0.6 is 0 Å². The van der Waals surface area contributed by atoms with Crippen LogP contribution < -0.4 is 0 Å². The van der Waals surface area contributed by atoms with Crippen molar-refractivity contribution < 1.29 is 4.92 Å². The third-order valence-corrected chi connectivity index (χ3v) is 3.29. The highest BCUT2D eigenvalue weighted by atomic mass is 16.6. The first-order chi connectivity index (χ1) is 9.72. The van der Waals surface area contributed by atoms with E-state index < -0.39 is 4.92 Å². The predicted octanol–water partition coefficient (Wildman–Crippen LogP) is 3.17. The summed E-state index contributed by atoms with van der Waals surface area (Å²) in [6, 6.07) is 12.3. The molecule has 0 aliphatic carbocycles. The van der Waals surface area contributed by atoms with Gasteiger partial charge in [-0.2, -0.15) is 0 Å². The van der Waals surface area contributed by atoms with Crippen molar-refractivity contribution >= 4 is 38.8 Å². The molecule has 0 fully saturated rings. The summed E-state index contributed by atoms with van der Waals surface area (Å²) in [6.07, 6.45) is 0. The molecule has 4 rings (SSSR count). The Bertz CT molecular complexity index is 990. The van der Waals surface area contributed by atoms with Gasteiger partial charge in [-0.1, -0.05) is 18.2 Å². The molecular weight excluding hydrogens is 256 g/mol. The molecule has 0 bridgehead atoms. The zero-order valence-corrected chi connectivity index (χ0v) is 10.2. The molecule has 0 aliphatic heterocycles. The third kappa shape index (κ3) is 1.45. The van der Waals surface area contributed by atoms with Crippen LogP contribution in [0, 0.1) is 10.1 Å². The molecule has 0 radical (unpaired) electrons. The topological polar surface area (TPSA) is 84.7 Å². The van der Waals surface area contributed by atoms with E-state index in [1.807, 2.05) is 24.3 Å². The van der Waals surface area contributed by atoms with Crippen LogP contribution in [0.25, 0.3) is 33.1 Å². The number of hydrogen-bond donors (Lipinski definition) is 1. The number of aromatic nitrogens is 3. The van der Waals surface area contributed by atoms with Crippen LogP contribution in [0.3, 0.4) is 0 Å².